The Morgan fingerprint density at radius 2 is 2.05 bits per heavy atom. The minimum absolute atomic E-state index is 0.0930. The molecule has 1 fully saturated rings. The molecule has 4 nitrogen and oxygen atoms in total. The average Bonchev–Trinajstić information content (AvgIpc) is 2.87. The van der Waals surface area contributed by atoms with Crippen LogP contribution in [0, 0.1) is 5.92 Å². The van der Waals surface area contributed by atoms with Gasteiger partial charge in [0.15, 0.2) is 0 Å². The van der Waals surface area contributed by atoms with Gasteiger partial charge in [-0.3, -0.25) is 4.79 Å². The fourth-order valence-corrected chi connectivity index (χ4v) is 3.24. The van der Waals surface area contributed by atoms with Gasteiger partial charge in [0.2, 0.25) is 0 Å². The molecule has 2 N–H and O–H groups in total. The van der Waals surface area contributed by atoms with Crippen LogP contribution in [0.3, 0.4) is 0 Å². The highest BCUT2D eigenvalue weighted by Gasteiger charge is 2.21. The lowest BCUT2D eigenvalue weighted by Gasteiger charge is -2.26. The predicted octanol–water partition coefficient (Wildman–Crippen LogP) is 3.15. The van der Waals surface area contributed by atoms with E-state index in [2.05, 4.69) is 12.2 Å². The van der Waals surface area contributed by atoms with E-state index in [0.29, 0.717) is 10.4 Å². The summed E-state index contributed by atoms with van der Waals surface area (Å²) in [6.07, 6.45) is 6.89. The van der Waals surface area contributed by atoms with Gasteiger partial charge in [0.25, 0.3) is 5.91 Å². The largest absolute Gasteiger partial charge is 0.478 e. The Morgan fingerprint density at radius 3 is 2.70 bits per heavy atom. The highest BCUT2D eigenvalue weighted by atomic mass is 32.1. The number of hydrogen-bond donors (Lipinski definition) is 2. The first kappa shape index (κ1) is 14.8. The zero-order valence-corrected chi connectivity index (χ0v) is 12.3. The second-order valence-corrected chi connectivity index (χ2v) is 6.22. The van der Waals surface area contributed by atoms with Crippen LogP contribution < -0.4 is 5.32 Å². The summed E-state index contributed by atoms with van der Waals surface area (Å²) >= 11 is 1.34. The number of rotatable bonds is 4. The molecular weight excluding hydrogens is 274 g/mol. The molecule has 1 aromatic rings. The molecule has 2 rings (SSSR count). The van der Waals surface area contributed by atoms with Crippen molar-refractivity contribution in [1.82, 2.24) is 5.32 Å². The zero-order chi connectivity index (χ0) is 14.5. The Kier molecular flexibility index (Phi) is 4.95. The summed E-state index contributed by atoms with van der Waals surface area (Å²) in [4.78, 5) is 23.4. The van der Waals surface area contributed by atoms with E-state index < -0.39 is 5.97 Å². The molecule has 0 unspecified atom stereocenters. The summed E-state index contributed by atoms with van der Waals surface area (Å²) in [6.45, 7) is 2.24. The fraction of sp³-hybridized carbons (Fsp3) is 0.467. The number of hydrogen-bond acceptors (Lipinski definition) is 3. The predicted molar refractivity (Wildman–Crippen MR) is 79.9 cm³/mol. The van der Waals surface area contributed by atoms with Gasteiger partial charge in [-0.1, -0.05) is 6.92 Å². The summed E-state index contributed by atoms with van der Waals surface area (Å²) in [7, 11) is 0. The maximum Gasteiger partial charge on any atom is 0.328 e. The Labute approximate surface area is 122 Å². The van der Waals surface area contributed by atoms with E-state index in [1.54, 1.807) is 11.4 Å². The van der Waals surface area contributed by atoms with Crippen molar-refractivity contribution in [2.24, 2.45) is 5.92 Å². The molecule has 1 saturated carbocycles. The monoisotopic (exact) mass is 293 g/mol. The summed E-state index contributed by atoms with van der Waals surface area (Å²) in [5.41, 5.74) is 0.666. The number of nitrogens with one attached hydrogen (secondary N) is 1. The van der Waals surface area contributed by atoms with Gasteiger partial charge in [-0.15, -0.1) is 11.3 Å². The highest BCUT2D eigenvalue weighted by molar-refractivity contribution is 7.12. The van der Waals surface area contributed by atoms with Gasteiger partial charge in [0, 0.05) is 12.1 Å². The quantitative estimate of drug-likeness (QED) is 0.838. The molecule has 0 aliphatic heterocycles. The highest BCUT2D eigenvalue weighted by Crippen LogP contribution is 2.24. The van der Waals surface area contributed by atoms with Crippen molar-refractivity contribution in [3.05, 3.63) is 28.0 Å². The molecule has 1 aliphatic carbocycles. The first-order valence-electron chi connectivity index (χ1n) is 6.85. The molecule has 0 saturated heterocycles. The lowest BCUT2D eigenvalue weighted by molar-refractivity contribution is -0.131. The number of aliphatic carboxylic acids is 1. The standard InChI is InChI=1S/C15H19NO3S/c1-10-2-5-12(6-3-10)16-15(19)14-11(8-9-20-14)4-7-13(17)18/h4,7-10,12H,2-3,5-6H2,1H3,(H,16,19)(H,17,18). The molecule has 0 atom stereocenters. The molecule has 1 heterocycles. The van der Waals surface area contributed by atoms with Crippen LogP contribution in [0.25, 0.3) is 6.08 Å². The van der Waals surface area contributed by atoms with Crippen molar-refractivity contribution in [1.29, 1.82) is 0 Å². The van der Waals surface area contributed by atoms with E-state index in [-0.39, 0.29) is 11.9 Å². The molecule has 0 aromatic carbocycles. The van der Waals surface area contributed by atoms with Crippen LogP contribution in [0.5, 0.6) is 0 Å². The number of carbonyl (C=O) groups excluding carboxylic acids is 1. The van der Waals surface area contributed by atoms with Crippen molar-refractivity contribution in [2.75, 3.05) is 0 Å². The second kappa shape index (κ2) is 6.70. The lowest BCUT2D eigenvalue weighted by atomic mass is 9.87. The second-order valence-electron chi connectivity index (χ2n) is 5.31. The third-order valence-electron chi connectivity index (χ3n) is 3.66. The van der Waals surface area contributed by atoms with Crippen LogP contribution in [0.4, 0.5) is 0 Å². The number of amides is 1. The van der Waals surface area contributed by atoms with Crippen LogP contribution in [0.1, 0.15) is 47.8 Å². The molecule has 0 radical (unpaired) electrons. The van der Waals surface area contributed by atoms with Crippen molar-refractivity contribution in [2.45, 2.75) is 38.6 Å². The maximum absolute atomic E-state index is 12.2. The number of carboxylic acids is 1. The van der Waals surface area contributed by atoms with Gasteiger partial charge in [0.1, 0.15) is 0 Å². The van der Waals surface area contributed by atoms with Crippen LogP contribution in [-0.4, -0.2) is 23.0 Å². The number of carbonyl (C=O) groups is 2. The number of carboxylic acid groups (broad SMARTS) is 1. The topological polar surface area (TPSA) is 66.4 Å². The lowest BCUT2D eigenvalue weighted by Crippen LogP contribution is -2.37. The van der Waals surface area contributed by atoms with Gasteiger partial charge in [-0.05, 0) is 54.7 Å². The summed E-state index contributed by atoms with van der Waals surface area (Å²) in [6, 6.07) is 2.01. The van der Waals surface area contributed by atoms with Gasteiger partial charge >= 0.3 is 5.97 Å². The first-order valence-corrected chi connectivity index (χ1v) is 7.73. The Balaban J connectivity index is 1.99. The first-order chi connectivity index (χ1) is 9.56. The van der Waals surface area contributed by atoms with E-state index in [9.17, 15) is 9.59 Å². The zero-order valence-electron chi connectivity index (χ0n) is 11.5. The van der Waals surface area contributed by atoms with E-state index in [1.807, 2.05) is 0 Å². The normalized spacial score (nSPS) is 22.9. The van der Waals surface area contributed by atoms with Crippen molar-refractivity contribution >= 4 is 29.3 Å². The molecule has 1 aromatic heterocycles. The molecule has 0 spiro atoms. The average molecular weight is 293 g/mol. The van der Waals surface area contributed by atoms with Crippen LogP contribution in [-0.2, 0) is 4.79 Å². The maximum atomic E-state index is 12.2. The van der Waals surface area contributed by atoms with E-state index in [1.165, 1.54) is 17.4 Å². The van der Waals surface area contributed by atoms with Crippen LogP contribution in [0.2, 0.25) is 0 Å². The Bertz CT molecular complexity index is 513. The van der Waals surface area contributed by atoms with E-state index in [0.717, 1.165) is 37.7 Å². The molecule has 1 aliphatic rings. The molecule has 1 amide bonds. The fourth-order valence-electron chi connectivity index (χ4n) is 2.45. The molecule has 0 bridgehead atoms. The Morgan fingerprint density at radius 1 is 1.35 bits per heavy atom. The third-order valence-corrected chi connectivity index (χ3v) is 4.59. The van der Waals surface area contributed by atoms with Gasteiger partial charge in [-0.25, -0.2) is 4.79 Å². The summed E-state index contributed by atoms with van der Waals surface area (Å²) in [5, 5.41) is 13.5. The number of thiophene rings is 1. The minimum Gasteiger partial charge on any atom is -0.478 e. The summed E-state index contributed by atoms with van der Waals surface area (Å²) < 4.78 is 0. The molecule has 108 valence electrons. The molecular formula is C15H19NO3S. The third kappa shape index (κ3) is 3.93. The van der Waals surface area contributed by atoms with Crippen molar-refractivity contribution < 1.29 is 14.7 Å². The molecule has 20 heavy (non-hydrogen) atoms. The van der Waals surface area contributed by atoms with Crippen molar-refractivity contribution in [3.8, 4) is 0 Å². The smallest absolute Gasteiger partial charge is 0.328 e. The van der Waals surface area contributed by atoms with E-state index >= 15 is 0 Å². The van der Waals surface area contributed by atoms with Crippen LogP contribution >= 0.6 is 11.3 Å². The SMILES string of the molecule is CC1CCC(NC(=O)c2sccc2C=CC(=O)O)CC1. The minimum atomic E-state index is -1.01. The van der Waals surface area contributed by atoms with Crippen LogP contribution in [0.15, 0.2) is 17.5 Å². The Hall–Kier alpha value is -1.62. The van der Waals surface area contributed by atoms with E-state index in [4.69, 9.17) is 5.11 Å². The molecule has 5 heteroatoms. The summed E-state index contributed by atoms with van der Waals surface area (Å²) in [5.74, 6) is -0.354. The van der Waals surface area contributed by atoms with Gasteiger partial charge in [-0.2, -0.15) is 0 Å². The van der Waals surface area contributed by atoms with Gasteiger partial charge in [0.05, 0.1) is 4.88 Å². The van der Waals surface area contributed by atoms with Gasteiger partial charge < -0.3 is 10.4 Å². The van der Waals surface area contributed by atoms with Crippen molar-refractivity contribution in [3.63, 3.8) is 0 Å².